The summed E-state index contributed by atoms with van der Waals surface area (Å²) in [6, 6.07) is -0.0741. The molecule has 1 aromatic rings. The third-order valence-corrected chi connectivity index (χ3v) is 2.59. The van der Waals surface area contributed by atoms with Gasteiger partial charge in [0, 0.05) is 5.92 Å². The highest BCUT2D eigenvalue weighted by atomic mass is 16.5. The summed E-state index contributed by atoms with van der Waals surface area (Å²) in [5.74, 6) is 2.01. The van der Waals surface area contributed by atoms with E-state index in [0.717, 1.165) is 25.1 Å². The molecule has 1 aliphatic rings. The summed E-state index contributed by atoms with van der Waals surface area (Å²) in [6.45, 7) is 2.15. The average Bonchev–Trinajstić information content (AvgIpc) is 2.93. The minimum absolute atomic E-state index is 0.0741. The molecule has 2 N–H and O–H groups in total. The van der Waals surface area contributed by atoms with E-state index in [2.05, 4.69) is 17.1 Å². The number of hydrogen-bond acceptors (Lipinski definition) is 4. The Balaban J connectivity index is 1.93. The van der Waals surface area contributed by atoms with Gasteiger partial charge in [-0.05, 0) is 19.3 Å². The summed E-state index contributed by atoms with van der Waals surface area (Å²) in [5.41, 5.74) is 5.92. The first-order valence-electron chi connectivity index (χ1n) is 5.40. The van der Waals surface area contributed by atoms with E-state index in [0.29, 0.717) is 11.8 Å². The minimum atomic E-state index is -0.0741. The molecule has 14 heavy (non-hydrogen) atoms. The monoisotopic (exact) mass is 195 g/mol. The molecule has 0 amide bonds. The maximum atomic E-state index is 5.92. The molecular weight excluding hydrogens is 178 g/mol. The molecule has 1 unspecified atom stereocenters. The molecule has 2 rings (SSSR count). The standard InChI is InChI=1S/C10H17N3O/c1-2-3-4-8(11)10-12-9(13-14-10)7-5-6-7/h7-8H,2-6,11H2,1H3. The van der Waals surface area contributed by atoms with Gasteiger partial charge in [0.2, 0.25) is 5.89 Å². The Kier molecular flexibility index (Phi) is 2.82. The summed E-state index contributed by atoms with van der Waals surface area (Å²) in [6.07, 6.45) is 5.59. The van der Waals surface area contributed by atoms with Gasteiger partial charge in [0.15, 0.2) is 5.82 Å². The summed E-state index contributed by atoms with van der Waals surface area (Å²) < 4.78 is 5.14. The number of rotatable bonds is 5. The predicted molar refractivity (Wildman–Crippen MR) is 52.7 cm³/mol. The Labute approximate surface area is 83.9 Å². The second-order valence-corrected chi connectivity index (χ2v) is 4.01. The fourth-order valence-electron chi connectivity index (χ4n) is 1.45. The highest BCUT2D eigenvalue weighted by molar-refractivity contribution is 5.04. The summed E-state index contributed by atoms with van der Waals surface area (Å²) in [5, 5.41) is 3.94. The first-order chi connectivity index (χ1) is 6.81. The van der Waals surface area contributed by atoms with E-state index in [-0.39, 0.29) is 6.04 Å². The van der Waals surface area contributed by atoms with Gasteiger partial charge in [-0.25, -0.2) is 0 Å². The Hall–Kier alpha value is -0.900. The van der Waals surface area contributed by atoms with Crippen molar-refractivity contribution in [3.05, 3.63) is 11.7 Å². The van der Waals surface area contributed by atoms with Crippen LogP contribution in [0.2, 0.25) is 0 Å². The van der Waals surface area contributed by atoms with E-state index in [1.807, 2.05) is 0 Å². The van der Waals surface area contributed by atoms with Gasteiger partial charge in [-0.2, -0.15) is 4.98 Å². The highest BCUT2D eigenvalue weighted by Gasteiger charge is 2.29. The van der Waals surface area contributed by atoms with Crippen LogP contribution in [0.3, 0.4) is 0 Å². The van der Waals surface area contributed by atoms with Gasteiger partial charge in [0.1, 0.15) is 0 Å². The predicted octanol–water partition coefficient (Wildman–Crippen LogP) is 2.14. The van der Waals surface area contributed by atoms with Gasteiger partial charge < -0.3 is 10.3 Å². The van der Waals surface area contributed by atoms with Crippen molar-refractivity contribution in [2.75, 3.05) is 0 Å². The van der Waals surface area contributed by atoms with Gasteiger partial charge in [-0.15, -0.1) is 0 Å². The molecule has 1 saturated carbocycles. The van der Waals surface area contributed by atoms with Crippen molar-refractivity contribution >= 4 is 0 Å². The van der Waals surface area contributed by atoms with Crippen LogP contribution in [-0.4, -0.2) is 10.1 Å². The third kappa shape index (κ3) is 2.12. The van der Waals surface area contributed by atoms with Crippen LogP contribution in [0.5, 0.6) is 0 Å². The maximum absolute atomic E-state index is 5.92. The van der Waals surface area contributed by atoms with Crippen molar-refractivity contribution < 1.29 is 4.52 Å². The lowest BCUT2D eigenvalue weighted by atomic mass is 10.1. The van der Waals surface area contributed by atoms with Crippen molar-refractivity contribution in [3.63, 3.8) is 0 Å². The molecule has 0 bridgehead atoms. The zero-order valence-electron chi connectivity index (χ0n) is 8.57. The minimum Gasteiger partial charge on any atom is -0.338 e. The average molecular weight is 195 g/mol. The summed E-state index contributed by atoms with van der Waals surface area (Å²) in [4.78, 5) is 4.32. The van der Waals surface area contributed by atoms with Crippen molar-refractivity contribution in [3.8, 4) is 0 Å². The van der Waals surface area contributed by atoms with Crippen molar-refractivity contribution in [2.24, 2.45) is 5.73 Å². The van der Waals surface area contributed by atoms with Crippen molar-refractivity contribution in [1.82, 2.24) is 10.1 Å². The SMILES string of the molecule is CCCCC(N)c1nc(C2CC2)no1. The maximum Gasteiger partial charge on any atom is 0.243 e. The quantitative estimate of drug-likeness (QED) is 0.781. The number of aromatic nitrogens is 2. The molecule has 0 radical (unpaired) electrons. The van der Waals surface area contributed by atoms with Crippen LogP contribution in [0.1, 0.15) is 62.7 Å². The van der Waals surface area contributed by atoms with E-state index in [1.165, 1.54) is 12.8 Å². The van der Waals surface area contributed by atoms with Crippen LogP contribution in [0.15, 0.2) is 4.52 Å². The van der Waals surface area contributed by atoms with Crippen LogP contribution in [0.4, 0.5) is 0 Å². The first-order valence-corrected chi connectivity index (χ1v) is 5.40. The van der Waals surface area contributed by atoms with Crippen LogP contribution in [0.25, 0.3) is 0 Å². The van der Waals surface area contributed by atoms with Crippen LogP contribution in [-0.2, 0) is 0 Å². The van der Waals surface area contributed by atoms with Crippen molar-refractivity contribution in [1.29, 1.82) is 0 Å². The van der Waals surface area contributed by atoms with E-state index in [4.69, 9.17) is 10.3 Å². The largest absolute Gasteiger partial charge is 0.338 e. The Bertz CT molecular complexity index is 293. The summed E-state index contributed by atoms with van der Waals surface area (Å²) in [7, 11) is 0. The Morgan fingerprint density at radius 1 is 1.57 bits per heavy atom. The second-order valence-electron chi connectivity index (χ2n) is 4.01. The Morgan fingerprint density at radius 2 is 2.36 bits per heavy atom. The van der Waals surface area contributed by atoms with Crippen LogP contribution in [0, 0.1) is 0 Å². The number of nitrogens with two attached hydrogens (primary N) is 1. The molecule has 1 atom stereocenters. The van der Waals surface area contributed by atoms with Gasteiger partial charge in [-0.1, -0.05) is 24.9 Å². The molecule has 0 saturated heterocycles. The first kappa shape index (κ1) is 9.65. The van der Waals surface area contributed by atoms with E-state index >= 15 is 0 Å². The number of unbranched alkanes of at least 4 members (excludes halogenated alkanes) is 1. The fourth-order valence-corrected chi connectivity index (χ4v) is 1.45. The zero-order valence-corrected chi connectivity index (χ0v) is 8.57. The molecule has 0 aliphatic heterocycles. The molecule has 78 valence electrons. The van der Waals surface area contributed by atoms with Gasteiger partial charge >= 0.3 is 0 Å². The molecule has 0 aromatic carbocycles. The van der Waals surface area contributed by atoms with Gasteiger partial charge in [0.05, 0.1) is 6.04 Å². The summed E-state index contributed by atoms with van der Waals surface area (Å²) >= 11 is 0. The fraction of sp³-hybridized carbons (Fsp3) is 0.800. The molecule has 4 nitrogen and oxygen atoms in total. The lowest BCUT2D eigenvalue weighted by Crippen LogP contribution is -2.10. The molecule has 1 fully saturated rings. The molecule has 0 spiro atoms. The highest BCUT2D eigenvalue weighted by Crippen LogP contribution is 2.38. The normalized spacial score (nSPS) is 18.4. The van der Waals surface area contributed by atoms with Crippen LogP contribution >= 0.6 is 0 Å². The number of hydrogen-bond donors (Lipinski definition) is 1. The molecule has 1 heterocycles. The van der Waals surface area contributed by atoms with Gasteiger partial charge in [-0.3, -0.25) is 0 Å². The lowest BCUT2D eigenvalue weighted by molar-refractivity contribution is 0.342. The third-order valence-electron chi connectivity index (χ3n) is 2.59. The van der Waals surface area contributed by atoms with Crippen LogP contribution < -0.4 is 5.73 Å². The second kappa shape index (κ2) is 4.09. The van der Waals surface area contributed by atoms with Gasteiger partial charge in [0.25, 0.3) is 0 Å². The topological polar surface area (TPSA) is 64.9 Å². The molecule has 1 aliphatic carbocycles. The molecule has 1 aromatic heterocycles. The van der Waals surface area contributed by atoms with E-state index < -0.39 is 0 Å². The lowest BCUT2D eigenvalue weighted by Gasteiger charge is -2.03. The molecule has 4 heteroatoms. The molecular formula is C10H17N3O. The smallest absolute Gasteiger partial charge is 0.243 e. The zero-order chi connectivity index (χ0) is 9.97. The van der Waals surface area contributed by atoms with E-state index in [1.54, 1.807) is 0 Å². The number of nitrogens with zero attached hydrogens (tertiary/aromatic N) is 2. The van der Waals surface area contributed by atoms with Crippen molar-refractivity contribution in [2.45, 2.75) is 51.0 Å². The Morgan fingerprint density at radius 3 is 3.00 bits per heavy atom. The van der Waals surface area contributed by atoms with E-state index in [9.17, 15) is 0 Å².